The smallest absolute Gasteiger partial charge is 0.419 e. The fourth-order valence-corrected chi connectivity index (χ4v) is 1.99. The Morgan fingerprint density at radius 2 is 1.83 bits per heavy atom. The molecule has 1 heterocycles. The minimum Gasteiger partial charge on any atom is -0.493 e. The van der Waals surface area contributed by atoms with Gasteiger partial charge in [-0.25, -0.2) is 4.98 Å². The Labute approximate surface area is 132 Å². The van der Waals surface area contributed by atoms with Crippen molar-refractivity contribution in [1.82, 2.24) is 4.98 Å². The van der Waals surface area contributed by atoms with E-state index in [1.807, 2.05) is 0 Å². The van der Waals surface area contributed by atoms with Crippen LogP contribution in [0.5, 0.6) is 11.5 Å². The number of benzene rings is 1. The number of rotatable bonds is 6. The summed E-state index contributed by atoms with van der Waals surface area (Å²) in [5.74, 6) is 0.880. The molecule has 0 spiro atoms. The molecule has 124 valence electrons. The van der Waals surface area contributed by atoms with Crippen LogP contribution in [-0.4, -0.2) is 24.7 Å². The maximum Gasteiger partial charge on any atom is 0.419 e. The van der Waals surface area contributed by atoms with Crippen LogP contribution in [0.1, 0.15) is 12.5 Å². The third-order valence-electron chi connectivity index (χ3n) is 3.07. The van der Waals surface area contributed by atoms with Gasteiger partial charge in [0.05, 0.1) is 19.2 Å². The molecular formula is C16H17F3N2O2. The van der Waals surface area contributed by atoms with Crippen molar-refractivity contribution in [3.05, 3.63) is 48.2 Å². The summed E-state index contributed by atoms with van der Waals surface area (Å²) in [5, 5.41) is 2.68. The van der Waals surface area contributed by atoms with Crippen molar-refractivity contribution in [2.45, 2.75) is 19.2 Å². The van der Waals surface area contributed by atoms with Gasteiger partial charge >= 0.3 is 6.18 Å². The van der Waals surface area contributed by atoms with Crippen LogP contribution in [0.2, 0.25) is 0 Å². The fraction of sp³-hybridized carbons (Fsp3) is 0.312. The molecule has 2 aromatic rings. The Kier molecular flexibility index (Phi) is 5.31. The molecule has 1 N–H and O–H groups in total. The number of nitrogens with zero attached hydrogens (tertiary/aromatic N) is 1. The molecule has 0 radical (unpaired) electrons. The Bertz CT molecular complexity index is 647. The summed E-state index contributed by atoms with van der Waals surface area (Å²) in [5.41, 5.74) is -0.801. The van der Waals surface area contributed by atoms with Gasteiger partial charge in [0.25, 0.3) is 0 Å². The molecule has 0 bridgehead atoms. The van der Waals surface area contributed by atoms with Crippen LogP contribution in [-0.2, 0) is 6.18 Å². The normalized spacial score (nSPS) is 12.6. The molecular weight excluding hydrogens is 309 g/mol. The van der Waals surface area contributed by atoms with E-state index in [0.29, 0.717) is 11.5 Å². The third-order valence-corrected chi connectivity index (χ3v) is 3.07. The number of hydrogen-bond acceptors (Lipinski definition) is 4. The van der Waals surface area contributed by atoms with E-state index in [0.717, 1.165) is 6.07 Å². The number of hydrogen-bond donors (Lipinski definition) is 1. The second-order valence-corrected chi connectivity index (χ2v) is 4.86. The van der Waals surface area contributed by atoms with E-state index in [4.69, 9.17) is 9.47 Å². The van der Waals surface area contributed by atoms with Gasteiger partial charge in [0.2, 0.25) is 0 Å². The van der Waals surface area contributed by atoms with Crippen LogP contribution in [0.25, 0.3) is 0 Å². The average molecular weight is 326 g/mol. The quantitative estimate of drug-likeness (QED) is 0.872. The van der Waals surface area contributed by atoms with E-state index in [1.165, 1.54) is 19.4 Å². The number of methoxy groups -OCH3 is 1. The number of pyridine rings is 1. The van der Waals surface area contributed by atoms with Gasteiger partial charge in [-0.1, -0.05) is 12.1 Å². The number of aromatic nitrogens is 1. The van der Waals surface area contributed by atoms with Crippen LogP contribution in [0.4, 0.5) is 19.0 Å². The first-order valence-electron chi connectivity index (χ1n) is 6.97. The first kappa shape index (κ1) is 16.9. The zero-order chi connectivity index (χ0) is 16.9. The first-order valence-corrected chi connectivity index (χ1v) is 6.97. The largest absolute Gasteiger partial charge is 0.493 e. The Morgan fingerprint density at radius 1 is 1.13 bits per heavy atom. The highest BCUT2D eigenvalue weighted by atomic mass is 19.4. The van der Waals surface area contributed by atoms with E-state index in [-0.39, 0.29) is 18.5 Å². The second kappa shape index (κ2) is 7.21. The monoisotopic (exact) mass is 326 g/mol. The lowest BCUT2D eigenvalue weighted by molar-refractivity contribution is -0.137. The summed E-state index contributed by atoms with van der Waals surface area (Å²) in [6.07, 6.45) is -3.53. The molecule has 0 amide bonds. The van der Waals surface area contributed by atoms with Gasteiger partial charge < -0.3 is 14.8 Å². The molecule has 0 saturated heterocycles. The van der Waals surface area contributed by atoms with Crippen molar-refractivity contribution in [2.75, 3.05) is 19.0 Å². The lowest BCUT2D eigenvalue weighted by Crippen LogP contribution is -2.24. The Balaban J connectivity index is 2.01. The molecule has 7 heteroatoms. The zero-order valence-electron chi connectivity index (χ0n) is 12.7. The van der Waals surface area contributed by atoms with Crippen LogP contribution in [0.3, 0.4) is 0 Å². The standard InChI is InChI=1S/C16H17F3N2O2/c1-11(23-14-8-4-3-7-13(14)22-2)10-21-15-12(16(17,18)19)6-5-9-20-15/h3-9,11H,10H2,1-2H3,(H,20,21). The SMILES string of the molecule is COc1ccccc1OC(C)CNc1ncccc1C(F)(F)F. The maximum absolute atomic E-state index is 12.9. The fourth-order valence-electron chi connectivity index (χ4n) is 1.99. The van der Waals surface area contributed by atoms with Crippen molar-refractivity contribution >= 4 is 5.82 Å². The van der Waals surface area contributed by atoms with E-state index < -0.39 is 11.7 Å². The highest BCUT2D eigenvalue weighted by Crippen LogP contribution is 2.33. The maximum atomic E-state index is 12.9. The van der Waals surface area contributed by atoms with Crippen LogP contribution >= 0.6 is 0 Å². The van der Waals surface area contributed by atoms with Crippen LogP contribution in [0, 0.1) is 0 Å². The van der Waals surface area contributed by atoms with E-state index >= 15 is 0 Å². The number of alkyl halides is 3. The van der Waals surface area contributed by atoms with Crippen LogP contribution < -0.4 is 14.8 Å². The van der Waals surface area contributed by atoms with Gasteiger partial charge in [0.1, 0.15) is 11.9 Å². The number of anilines is 1. The topological polar surface area (TPSA) is 43.4 Å². The van der Waals surface area contributed by atoms with Gasteiger partial charge in [0, 0.05) is 6.20 Å². The van der Waals surface area contributed by atoms with Gasteiger partial charge in [0.15, 0.2) is 11.5 Å². The molecule has 4 nitrogen and oxygen atoms in total. The molecule has 0 aliphatic rings. The molecule has 1 atom stereocenters. The van der Waals surface area contributed by atoms with Crippen molar-refractivity contribution in [1.29, 1.82) is 0 Å². The van der Waals surface area contributed by atoms with Gasteiger partial charge in [-0.15, -0.1) is 0 Å². The average Bonchev–Trinajstić information content (AvgIpc) is 2.53. The summed E-state index contributed by atoms with van der Waals surface area (Å²) < 4.78 is 49.5. The van der Waals surface area contributed by atoms with Gasteiger partial charge in [-0.2, -0.15) is 13.2 Å². The van der Waals surface area contributed by atoms with Gasteiger partial charge in [-0.3, -0.25) is 0 Å². The molecule has 0 fully saturated rings. The molecule has 1 aromatic carbocycles. The summed E-state index contributed by atoms with van der Waals surface area (Å²) in [6.45, 7) is 1.91. The summed E-state index contributed by atoms with van der Waals surface area (Å²) in [4.78, 5) is 3.75. The van der Waals surface area contributed by atoms with E-state index in [9.17, 15) is 13.2 Å². The van der Waals surface area contributed by atoms with Crippen molar-refractivity contribution in [3.63, 3.8) is 0 Å². The Hall–Kier alpha value is -2.44. The lowest BCUT2D eigenvalue weighted by Gasteiger charge is -2.19. The minimum absolute atomic E-state index is 0.165. The third kappa shape index (κ3) is 4.51. The summed E-state index contributed by atoms with van der Waals surface area (Å²) in [7, 11) is 1.52. The van der Waals surface area contributed by atoms with Gasteiger partial charge in [-0.05, 0) is 31.2 Å². The zero-order valence-corrected chi connectivity index (χ0v) is 12.7. The molecule has 0 aliphatic carbocycles. The van der Waals surface area contributed by atoms with Crippen molar-refractivity contribution in [2.24, 2.45) is 0 Å². The highest BCUT2D eigenvalue weighted by Gasteiger charge is 2.34. The molecule has 2 rings (SSSR count). The predicted molar refractivity (Wildman–Crippen MR) is 80.8 cm³/mol. The summed E-state index contributed by atoms with van der Waals surface area (Å²) in [6, 6.07) is 9.31. The second-order valence-electron chi connectivity index (χ2n) is 4.86. The number of ether oxygens (including phenoxy) is 2. The van der Waals surface area contributed by atoms with E-state index in [2.05, 4.69) is 10.3 Å². The number of halogens is 3. The number of nitrogens with one attached hydrogen (secondary N) is 1. The summed E-state index contributed by atoms with van der Waals surface area (Å²) >= 11 is 0. The first-order chi connectivity index (χ1) is 10.9. The highest BCUT2D eigenvalue weighted by molar-refractivity contribution is 5.45. The molecule has 1 unspecified atom stereocenters. The minimum atomic E-state index is -4.46. The lowest BCUT2D eigenvalue weighted by atomic mass is 10.2. The molecule has 1 aromatic heterocycles. The van der Waals surface area contributed by atoms with Crippen molar-refractivity contribution in [3.8, 4) is 11.5 Å². The predicted octanol–water partition coefficient (Wildman–Crippen LogP) is 3.99. The number of para-hydroxylation sites is 2. The molecule has 0 aliphatic heterocycles. The Morgan fingerprint density at radius 3 is 2.48 bits per heavy atom. The van der Waals surface area contributed by atoms with E-state index in [1.54, 1.807) is 31.2 Å². The van der Waals surface area contributed by atoms with Crippen molar-refractivity contribution < 1.29 is 22.6 Å². The molecule has 23 heavy (non-hydrogen) atoms. The molecule has 0 saturated carbocycles. The van der Waals surface area contributed by atoms with Crippen LogP contribution in [0.15, 0.2) is 42.6 Å².